The average molecular weight is 400 g/mol. The summed E-state index contributed by atoms with van der Waals surface area (Å²) >= 11 is 5.21. The van der Waals surface area contributed by atoms with Gasteiger partial charge in [0.2, 0.25) is 0 Å². The summed E-state index contributed by atoms with van der Waals surface area (Å²) in [5.74, 6) is 0. The Balaban J connectivity index is 2.13. The molecule has 0 aliphatic heterocycles. The lowest BCUT2D eigenvalue weighted by Gasteiger charge is -2.22. The fraction of sp³-hybridized carbons (Fsp3) is 0.200. The molecule has 4 aromatic rings. The van der Waals surface area contributed by atoms with E-state index in [0.717, 1.165) is 26.1 Å². The highest BCUT2D eigenvalue weighted by Crippen LogP contribution is 2.39. The number of benzene rings is 2. The Morgan fingerprint density at radius 3 is 2.62 bits per heavy atom. The number of hydrogen-bond acceptors (Lipinski definition) is 2. The van der Waals surface area contributed by atoms with Crippen LogP contribution in [0.3, 0.4) is 0 Å². The van der Waals surface area contributed by atoms with Crippen molar-refractivity contribution in [3.8, 4) is 5.69 Å². The van der Waals surface area contributed by atoms with E-state index in [4.69, 9.17) is 0 Å². The molecular formula is C20H18BrNOS. The fourth-order valence-electron chi connectivity index (χ4n) is 3.25. The van der Waals surface area contributed by atoms with Crippen molar-refractivity contribution in [3.63, 3.8) is 0 Å². The van der Waals surface area contributed by atoms with Crippen molar-refractivity contribution in [1.29, 1.82) is 0 Å². The molecule has 1 unspecified atom stereocenters. The Labute approximate surface area is 153 Å². The summed E-state index contributed by atoms with van der Waals surface area (Å²) in [6, 6.07) is 16.9. The van der Waals surface area contributed by atoms with Gasteiger partial charge in [0.25, 0.3) is 0 Å². The Morgan fingerprint density at radius 1 is 1.08 bits per heavy atom. The molecule has 0 saturated heterocycles. The lowest BCUT2D eigenvalue weighted by Crippen LogP contribution is -2.20. The van der Waals surface area contributed by atoms with Crippen LogP contribution in [0.1, 0.15) is 25.1 Å². The van der Waals surface area contributed by atoms with E-state index in [-0.39, 0.29) is 0 Å². The standard InChI is InChI=1S/C20H18BrNOS/c1-3-20(2,23)19-18(10-11-24-19)22-16-7-5-4-6-14(16)15-12-13(21)8-9-17(15)22/h4-12,23H,3H2,1-2H3. The third-order valence-corrected chi connectivity index (χ3v) is 6.35. The second-order valence-electron chi connectivity index (χ2n) is 6.28. The molecule has 0 bridgehead atoms. The first-order chi connectivity index (χ1) is 11.5. The zero-order valence-electron chi connectivity index (χ0n) is 13.6. The number of hydrogen-bond donors (Lipinski definition) is 1. The van der Waals surface area contributed by atoms with Crippen molar-refractivity contribution in [2.75, 3.05) is 0 Å². The zero-order chi connectivity index (χ0) is 16.9. The maximum Gasteiger partial charge on any atom is 0.0978 e. The zero-order valence-corrected chi connectivity index (χ0v) is 16.0. The summed E-state index contributed by atoms with van der Waals surface area (Å²) in [4.78, 5) is 1.01. The molecule has 2 nitrogen and oxygen atoms in total. The van der Waals surface area contributed by atoms with E-state index in [1.807, 2.05) is 13.8 Å². The van der Waals surface area contributed by atoms with Crippen LogP contribution in [-0.2, 0) is 5.60 Å². The quantitative estimate of drug-likeness (QED) is 0.434. The molecule has 24 heavy (non-hydrogen) atoms. The number of para-hydroxylation sites is 1. The van der Waals surface area contributed by atoms with E-state index in [1.54, 1.807) is 11.3 Å². The minimum absolute atomic E-state index is 0.684. The molecule has 1 N–H and O–H groups in total. The smallest absolute Gasteiger partial charge is 0.0978 e. The predicted molar refractivity (Wildman–Crippen MR) is 106 cm³/mol. The first-order valence-corrected chi connectivity index (χ1v) is 9.69. The lowest BCUT2D eigenvalue weighted by molar-refractivity contribution is 0.0570. The Morgan fingerprint density at radius 2 is 1.83 bits per heavy atom. The molecule has 0 amide bonds. The van der Waals surface area contributed by atoms with Crippen LogP contribution in [0.4, 0.5) is 0 Å². The number of fused-ring (bicyclic) bond motifs is 3. The van der Waals surface area contributed by atoms with E-state index < -0.39 is 5.60 Å². The van der Waals surface area contributed by atoms with Crippen LogP contribution in [0.5, 0.6) is 0 Å². The van der Waals surface area contributed by atoms with Gasteiger partial charge >= 0.3 is 0 Å². The van der Waals surface area contributed by atoms with Gasteiger partial charge in [0, 0.05) is 15.2 Å². The summed E-state index contributed by atoms with van der Waals surface area (Å²) in [5.41, 5.74) is 2.57. The van der Waals surface area contributed by atoms with Crippen LogP contribution >= 0.6 is 27.3 Å². The molecule has 2 aromatic heterocycles. The van der Waals surface area contributed by atoms with Gasteiger partial charge in [-0.2, -0.15) is 0 Å². The van der Waals surface area contributed by atoms with Gasteiger partial charge in [-0.15, -0.1) is 11.3 Å². The van der Waals surface area contributed by atoms with E-state index in [2.05, 4.69) is 74.4 Å². The minimum atomic E-state index is -0.823. The summed E-state index contributed by atoms with van der Waals surface area (Å²) in [5, 5.41) is 15.3. The topological polar surface area (TPSA) is 25.2 Å². The van der Waals surface area contributed by atoms with E-state index in [1.165, 1.54) is 10.8 Å². The molecule has 122 valence electrons. The highest BCUT2D eigenvalue weighted by atomic mass is 79.9. The summed E-state index contributed by atoms with van der Waals surface area (Å²) in [7, 11) is 0. The van der Waals surface area contributed by atoms with Crippen molar-refractivity contribution in [2.45, 2.75) is 25.9 Å². The van der Waals surface area contributed by atoms with Crippen molar-refractivity contribution in [3.05, 3.63) is 63.3 Å². The van der Waals surface area contributed by atoms with Crippen LogP contribution < -0.4 is 0 Å². The van der Waals surface area contributed by atoms with E-state index in [9.17, 15) is 5.11 Å². The minimum Gasteiger partial charge on any atom is -0.385 e. The number of nitrogens with zero attached hydrogens (tertiary/aromatic N) is 1. The van der Waals surface area contributed by atoms with Gasteiger partial charge in [-0.1, -0.05) is 41.1 Å². The molecule has 0 radical (unpaired) electrons. The molecule has 0 aliphatic carbocycles. The van der Waals surface area contributed by atoms with Gasteiger partial charge < -0.3 is 9.67 Å². The largest absolute Gasteiger partial charge is 0.385 e. The number of aromatic nitrogens is 1. The van der Waals surface area contributed by atoms with Crippen LogP contribution in [0, 0.1) is 0 Å². The van der Waals surface area contributed by atoms with E-state index >= 15 is 0 Å². The third kappa shape index (κ3) is 2.32. The van der Waals surface area contributed by atoms with Gasteiger partial charge in [0.1, 0.15) is 0 Å². The predicted octanol–water partition coefficient (Wildman–Crippen LogP) is 6.23. The normalized spacial score (nSPS) is 14.3. The Bertz CT molecular complexity index is 1040. The van der Waals surface area contributed by atoms with Gasteiger partial charge in [0.05, 0.1) is 27.2 Å². The van der Waals surface area contributed by atoms with Crippen molar-refractivity contribution in [1.82, 2.24) is 4.57 Å². The SMILES string of the molecule is CCC(C)(O)c1sccc1-n1c2ccccc2c2cc(Br)ccc21. The first-order valence-electron chi connectivity index (χ1n) is 8.02. The number of thiophene rings is 1. The Hall–Kier alpha value is -1.62. The fourth-order valence-corrected chi connectivity index (χ4v) is 4.62. The molecule has 0 saturated carbocycles. The number of aliphatic hydroxyl groups is 1. The highest BCUT2D eigenvalue weighted by molar-refractivity contribution is 9.10. The van der Waals surface area contributed by atoms with Crippen LogP contribution in [-0.4, -0.2) is 9.67 Å². The molecule has 4 rings (SSSR count). The summed E-state index contributed by atoms with van der Waals surface area (Å²) in [6.45, 7) is 3.92. The van der Waals surface area contributed by atoms with Gasteiger partial charge in [-0.25, -0.2) is 0 Å². The van der Waals surface area contributed by atoms with Crippen molar-refractivity contribution >= 4 is 49.1 Å². The molecule has 0 aliphatic rings. The number of rotatable bonds is 3. The van der Waals surface area contributed by atoms with Crippen molar-refractivity contribution < 1.29 is 5.11 Å². The maximum atomic E-state index is 10.8. The average Bonchev–Trinajstić information content (AvgIpc) is 3.17. The monoisotopic (exact) mass is 399 g/mol. The maximum absolute atomic E-state index is 10.8. The summed E-state index contributed by atoms with van der Waals surface area (Å²) < 4.78 is 3.34. The Kier molecular flexibility index (Phi) is 3.79. The lowest BCUT2D eigenvalue weighted by atomic mass is 10.0. The van der Waals surface area contributed by atoms with Gasteiger partial charge in [-0.3, -0.25) is 0 Å². The second-order valence-corrected chi connectivity index (χ2v) is 8.11. The third-order valence-electron chi connectivity index (χ3n) is 4.70. The summed E-state index contributed by atoms with van der Waals surface area (Å²) in [6.07, 6.45) is 0.684. The van der Waals surface area contributed by atoms with Gasteiger partial charge in [-0.05, 0) is 49.1 Å². The molecular weight excluding hydrogens is 382 g/mol. The molecule has 0 fully saturated rings. The highest BCUT2D eigenvalue weighted by Gasteiger charge is 2.27. The first kappa shape index (κ1) is 15.9. The molecule has 2 aromatic carbocycles. The molecule has 1 atom stereocenters. The number of halogens is 1. The van der Waals surface area contributed by atoms with Crippen LogP contribution in [0.15, 0.2) is 58.4 Å². The van der Waals surface area contributed by atoms with Crippen LogP contribution in [0.2, 0.25) is 0 Å². The molecule has 0 spiro atoms. The van der Waals surface area contributed by atoms with Crippen LogP contribution in [0.25, 0.3) is 27.5 Å². The van der Waals surface area contributed by atoms with E-state index in [0.29, 0.717) is 6.42 Å². The molecule has 2 heterocycles. The van der Waals surface area contributed by atoms with Crippen molar-refractivity contribution in [2.24, 2.45) is 0 Å². The molecule has 4 heteroatoms. The second kappa shape index (κ2) is 5.73. The van der Waals surface area contributed by atoms with Gasteiger partial charge in [0.15, 0.2) is 0 Å².